The zero-order chi connectivity index (χ0) is 19.2. The van der Waals surface area contributed by atoms with E-state index in [9.17, 15) is 18.4 Å². The van der Waals surface area contributed by atoms with E-state index in [-0.39, 0.29) is 42.9 Å². The van der Waals surface area contributed by atoms with E-state index in [1.807, 2.05) is 6.07 Å². The van der Waals surface area contributed by atoms with Gasteiger partial charge in [0.25, 0.3) is 0 Å². The number of likely N-dealkylation sites (tertiary alicyclic amines) is 1. The number of alkyl halides is 2. The molecule has 5 rings (SSSR count). The summed E-state index contributed by atoms with van der Waals surface area (Å²) in [6.07, 6.45) is 3.09. The normalized spacial score (nSPS) is 42.6. The lowest BCUT2D eigenvalue weighted by Gasteiger charge is -2.53. The van der Waals surface area contributed by atoms with Crippen molar-refractivity contribution >= 4 is 11.8 Å². The molecule has 1 aliphatic heterocycles. The molecule has 6 nitrogen and oxygen atoms in total. The van der Waals surface area contributed by atoms with Crippen LogP contribution in [0.5, 0.6) is 0 Å². The Labute approximate surface area is 157 Å². The van der Waals surface area contributed by atoms with Crippen molar-refractivity contribution in [1.82, 2.24) is 15.5 Å². The van der Waals surface area contributed by atoms with Crippen molar-refractivity contribution in [2.45, 2.75) is 81.3 Å². The third-order valence-electron chi connectivity index (χ3n) is 7.09. The van der Waals surface area contributed by atoms with Gasteiger partial charge in [-0.2, -0.15) is 5.26 Å². The van der Waals surface area contributed by atoms with E-state index < -0.39 is 23.8 Å². The predicted molar refractivity (Wildman–Crippen MR) is 92.9 cm³/mol. The number of fused-ring (bicyclic) bond motifs is 3. The third kappa shape index (κ3) is 3.42. The standard InChI is InChI=1S/C19H26F2N4O2/c20-12-7-13(9-22)25(11-12)16(26)10-23-19-4-1-18(2-5-19,3-6-19)17(27)24-15-8-14(15)21/h12-15,23H,1-8,10-11H2,(H,24,27)/t12-,13-,14-,15+,18?,19?/m0/s1. The maximum atomic E-state index is 13.5. The molecule has 5 aliphatic rings. The first-order valence-corrected chi connectivity index (χ1v) is 9.90. The Kier molecular flexibility index (Phi) is 4.61. The molecule has 1 heterocycles. The summed E-state index contributed by atoms with van der Waals surface area (Å²) in [5.41, 5.74) is -0.561. The highest BCUT2D eigenvalue weighted by Crippen LogP contribution is 2.52. The minimum atomic E-state index is -1.13. The second kappa shape index (κ2) is 6.69. The molecule has 27 heavy (non-hydrogen) atoms. The fourth-order valence-corrected chi connectivity index (χ4v) is 4.97. The number of amides is 2. The van der Waals surface area contributed by atoms with Crippen LogP contribution in [0.3, 0.4) is 0 Å². The summed E-state index contributed by atoms with van der Waals surface area (Å²) in [6, 6.07) is 1.02. The fraction of sp³-hybridized carbons (Fsp3) is 0.842. The molecule has 0 aromatic heterocycles. The average molecular weight is 380 g/mol. The van der Waals surface area contributed by atoms with Gasteiger partial charge in [-0.05, 0) is 38.5 Å². The highest BCUT2D eigenvalue weighted by molar-refractivity contribution is 5.84. The molecular formula is C19H26F2N4O2. The van der Waals surface area contributed by atoms with Crippen LogP contribution in [0.1, 0.15) is 51.4 Å². The number of nitrogens with zero attached hydrogens (tertiary/aromatic N) is 2. The quantitative estimate of drug-likeness (QED) is 0.754. The van der Waals surface area contributed by atoms with E-state index in [0.717, 1.165) is 38.5 Å². The number of hydrogen-bond acceptors (Lipinski definition) is 4. The molecule has 1 saturated heterocycles. The lowest BCUT2D eigenvalue weighted by atomic mass is 9.57. The Hall–Kier alpha value is -1.75. The Morgan fingerprint density at radius 1 is 1.11 bits per heavy atom. The van der Waals surface area contributed by atoms with Crippen molar-refractivity contribution in [2.24, 2.45) is 5.41 Å². The van der Waals surface area contributed by atoms with Crippen LogP contribution in [0.15, 0.2) is 0 Å². The van der Waals surface area contributed by atoms with Crippen LogP contribution in [-0.2, 0) is 9.59 Å². The summed E-state index contributed by atoms with van der Waals surface area (Å²) in [6.45, 7) is 0.0848. The molecule has 2 amide bonds. The highest BCUT2D eigenvalue weighted by Gasteiger charge is 2.53. The highest BCUT2D eigenvalue weighted by atomic mass is 19.1. The number of carbonyl (C=O) groups is 2. The van der Waals surface area contributed by atoms with Crippen molar-refractivity contribution in [3.63, 3.8) is 0 Å². The summed E-state index contributed by atoms with van der Waals surface area (Å²) >= 11 is 0. The number of carbonyl (C=O) groups excluding carboxylic acids is 2. The molecule has 0 aromatic carbocycles. The molecule has 148 valence electrons. The van der Waals surface area contributed by atoms with Crippen LogP contribution in [-0.4, -0.2) is 59.8 Å². The molecule has 5 fully saturated rings. The molecule has 0 spiro atoms. The van der Waals surface area contributed by atoms with Gasteiger partial charge in [-0.25, -0.2) is 8.78 Å². The van der Waals surface area contributed by atoms with E-state index in [1.54, 1.807) is 0 Å². The van der Waals surface area contributed by atoms with Crippen LogP contribution in [0.2, 0.25) is 0 Å². The van der Waals surface area contributed by atoms with Crippen molar-refractivity contribution in [1.29, 1.82) is 5.26 Å². The molecule has 4 aliphatic carbocycles. The zero-order valence-corrected chi connectivity index (χ0v) is 15.3. The van der Waals surface area contributed by atoms with Gasteiger partial charge >= 0.3 is 0 Å². The monoisotopic (exact) mass is 380 g/mol. The second-order valence-electron chi connectivity index (χ2n) is 8.77. The summed E-state index contributed by atoms with van der Waals surface area (Å²) in [4.78, 5) is 26.4. The lowest BCUT2D eigenvalue weighted by molar-refractivity contribution is -0.139. The third-order valence-corrected chi connectivity index (χ3v) is 7.09. The van der Waals surface area contributed by atoms with Gasteiger partial charge in [0.2, 0.25) is 11.8 Å². The number of nitrogens with one attached hydrogen (secondary N) is 2. The van der Waals surface area contributed by atoms with Gasteiger partial charge in [0.15, 0.2) is 0 Å². The molecular weight excluding hydrogens is 354 g/mol. The number of hydrogen-bond donors (Lipinski definition) is 2. The van der Waals surface area contributed by atoms with E-state index in [2.05, 4.69) is 10.6 Å². The fourth-order valence-electron chi connectivity index (χ4n) is 4.97. The molecule has 0 unspecified atom stereocenters. The van der Waals surface area contributed by atoms with Gasteiger partial charge in [-0.1, -0.05) is 0 Å². The van der Waals surface area contributed by atoms with Gasteiger partial charge in [-0.15, -0.1) is 0 Å². The van der Waals surface area contributed by atoms with Crippen molar-refractivity contribution < 1.29 is 18.4 Å². The van der Waals surface area contributed by atoms with E-state index in [4.69, 9.17) is 5.26 Å². The van der Waals surface area contributed by atoms with Crippen molar-refractivity contribution in [3.8, 4) is 6.07 Å². The van der Waals surface area contributed by atoms with Crippen LogP contribution >= 0.6 is 0 Å². The smallest absolute Gasteiger partial charge is 0.237 e. The Bertz CT molecular complexity index is 655. The largest absolute Gasteiger partial charge is 0.350 e. The van der Waals surface area contributed by atoms with Crippen LogP contribution in [0.4, 0.5) is 8.78 Å². The molecule has 2 N–H and O–H groups in total. The number of halogens is 2. The van der Waals surface area contributed by atoms with Crippen LogP contribution in [0, 0.1) is 16.7 Å². The van der Waals surface area contributed by atoms with Crippen LogP contribution < -0.4 is 10.6 Å². The maximum Gasteiger partial charge on any atom is 0.237 e. The molecule has 8 heteroatoms. The SMILES string of the molecule is N#C[C@@H]1C[C@H](F)CN1C(=O)CNC12CCC(C(=O)N[C@@H]3C[C@@H]3F)(CC1)CC2. The predicted octanol–water partition coefficient (Wildman–Crippen LogP) is 1.36. The van der Waals surface area contributed by atoms with Crippen molar-refractivity contribution in [2.75, 3.05) is 13.1 Å². The molecule has 0 aromatic rings. The molecule has 4 atom stereocenters. The summed E-state index contributed by atoms with van der Waals surface area (Å²) in [5.74, 6) is -0.251. The molecule has 0 radical (unpaired) electrons. The number of rotatable bonds is 5. The van der Waals surface area contributed by atoms with Gasteiger partial charge in [0.1, 0.15) is 18.4 Å². The van der Waals surface area contributed by atoms with Gasteiger partial charge in [0.05, 0.1) is 25.2 Å². The van der Waals surface area contributed by atoms with Gasteiger partial charge in [-0.3, -0.25) is 9.59 Å². The van der Waals surface area contributed by atoms with E-state index in [1.165, 1.54) is 4.90 Å². The maximum absolute atomic E-state index is 13.5. The zero-order valence-electron chi connectivity index (χ0n) is 15.3. The Morgan fingerprint density at radius 3 is 2.30 bits per heavy atom. The van der Waals surface area contributed by atoms with E-state index in [0.29, 0.717) is 6.42 Å². The molecule has 4 saturated carbocycles. The Balaban J connectivity index is 1.30. The molecule has 2 bridgehead atoms. The van der Waals surface area contributed by atoms with Crippen LogP contribution in [0.25, 0.3) is 0 Å². The Morgan fingerprint density at radius 2 is 1.74 bits per heavy atom. The summed E-state index contributed by atoms with van der Waals surface area (Å²) in [7, 11) is 0. The first-order valence-electron chi connectivity index (χ1n) is 9.90. The average Bonchev–Trinajstić information content (AvgIpc) is 3.23. The first-order chi connectivity index (χ1) is 12.9. The minimum absolute atomic E-state index is 0.00818. The summed E-state index contributed by atoms with van der Waals surface area (Å²) < 4.78 is 26.6. The minimum Gasteiger partial charge on any atom is -0.350 e. The van der Waals surface area contributed by atoms with E-state index >= 15 is 0 Å². The van der Waals surface area contributed by atoms with Gasteiger partial charge in [0, 0.05) is 23.8 Å². The topological polar surface area (TPSA) is 85.2 Å². The lowest BCUT2D eigenvalue weighted by Crippen LogP contribution is -2.60. The first kappa shape index (κ1) is 18.6. The number of nitriles is 1. The van der Waals surface area contributed by atoms with Gasteiger partial charge < -0.3 is 15.5 Å². The van der Waals surface area contributed by atoms with Crippen molar-refractivity contribution in [3.05, 3.63) is 0 Å². The second-order valence-corrected chi connectivity index (χ2v) is 8.77. The summed E-state index contributed by atoms with van der Waals surface area (Å²) in [5, 5.41) is 15.3.